The minimum atomic E-state index is -0.195. The zero-order valence-electron chi connectivity index (χ0n) is 17.9. The summed E-state index contributed by atoms with van der Waals surface area (Å²) < 4.78 is 11.2. The van der Waals surface area contributed by atoms with Crippen molar-refractivity contribution in [2.75, 3.05) is 18.5 Å². The van der Waals surface area contributed by atoms with E-state index < -0.39 is 0 Å². The van der Waals surface area contributed by atoms with Crippen molar-refractivity contribution in [3.05, 3.63) is 53.6 Å². The van der Waals surface area contributed by atoms with Crippen molar-refractivity contribution >= 4 is 23.3 Å². The average Bonchev–Trinajstić information content (AvgIpc) is 3.01. The van der Waals surface area contributed by atoms with Gasteiger partial charge < -0.3 is 20.1 Å². The van der Waals surface area contributed by atoms with E-state index in [1.807, 2.05) is 26.0 Å². The molecule has 2 aromatic carbocycles. The van der Waals surface area contributed by atoms with Crippen LogP contribution in [0.2, 0.25) is 0 Å². The fourth-order valence-electron chi connectivity index (χ4n) is 2.99. The summed E-state index contributed by atoms with van der Waals surface area (Å²) in [5.74, 6) is 0.769. The van der Waals surface area contributed by atoms with Gasteiger partial charge in [0.15, 0.2) is 17.3 Å². The van der Waals surface area contributed by atoms with Crippen molar-refractivity contribution in [3.63, 3.8) is 0 Å². The predicted molar refractivity (Wildman–Crippen MR) is 117 cm³/mol. The molecule has 2 N–H and O–H groups in total. The minimum Gasteiger partial charge on any atom is -0.490 e. The fourth-order valence-corrected chi connectivity index (χ4v) is 2.99. The van der Waals surface area contributed by atoms with Gasteiger partial charge in [-0.05, 0) is 35.9 Å². The standard InChI is InChI=1S/C24H28N2O5/c1-16(2)24(29)26-19-7-4-17(5-8-19)15-25-23(28)11-9-20(27)18-6-10-21-22(14-18)31-13-3-12-30-21/h4-8,10,14,16H,3,9,11-13,15H2,1-2H3,(H,25,28)(H,26,29). The molecule has 0 bridgehead atoms. The minimum absolute atomic E-state index is 0.0423. The van der Waals surface area contributed by atoms with Crippen LogP contribution in [0.4, 0.5) is 5.69 Å². The quantitative estimate of drug-likeness (QED) is 0.630. The fraction of sp³-hybridized carbons (Fsp3) is 0.375. The number of amides is 2. The van der Waals surface area contributed by atoms with Crippen LogP contribution in [0.15, 0.2) is 42.5 Å². The highest BCUT2D eigenvalue weighted by molar-refractivity contribution is 5.98. The van der Waals surface area contributed by atoms with Crippen molar-refractivity contribution in [3.8, 4) is 11.5 Å². The predicted octanol–water partition coefficient (Wildman–Crippen LogP) is 3.72. The average molecular weight is 424 g/mol. The number of rotatable bonds is 8. The molecule has 0 aromatic heterocycles. The monoisotopic (exact) mass is 424 g/mol. The second-order valence-corrected chi connectivity index (χ2v) is 7.75. The second kappa shape index (κ2) is 10.6. The lowest BCUT2D eigenvalue weighted by Gasteiger charge is -2.10. The third-order valence-corrected chi connectivity index (χ3v) is 4.88. The van der Waals surface area contributed by atoms with Gasteiger partial charge in [-0.25, -0.2) is 0 Å². The highest BCUT2D eigenvalue weighted by Crippen LogP contribution is 2.30. The molecule has 0 unspecified atom stereocenters. The Balaban J connectivity index is 1.44. The molecule has 0 fully saturated rings. The second-order valence-electron chi connectivity index (χ2n) is 7.75. The van der Waals surface area contributed by atoms with Gasteiger partial charge in [-0.2, -0.15) is 0 Å². The van der Waals surface area contributed by atoms with Crippen LogP contribution in [0.25, 0.3) is 0 Å². The number of nitrogens with one attached hydrogen (secondary N) is 2. The number of Topliss-reactive ketones (excluding diaryl/α,β-unsaturated/α-hetero) is 1. The van der Waals surface area contributed by atoms with Crippen LogP contribution in [0.5, 0.6) is 11.5 Å². The number of hydrogen-bond acceptors (Lipinski definition) is 5. The van der Waals surface area contributed by atoms with E-state index >= 15 is 0 Å². The van der Waals surface area contributed by atoms with Gasteiger partial charge in [0.2, 0.25) is 11.8 Å². The molecule has 7 nitrogen and oxygen atoms in total. The van der Waals surface area contributed by atoms with Gasteiger partial charge in [0.1, 0.15) is 0 Å². The Morgan fingerprint density at radius 3 is 2.35 bits per heavy atom. The first-order chi connectivity index (χ1) is 14.9. The maximum absolute atomic E-state index is 12.5. The Labute approximate surface area is 182 Å². The van der Waals surface area contributed by atoms with Crippen LogP contribution >= 0.6 is 0 Å². The van der Waals surface area contributed by atoms with Crippen molar-refractivity contribution in [2.24, 2.45) is 5.92 Å². The summed E-state index contributed by atoms with van der Waals surface area (Å²) in [4.78, 5) is 36.3. The Kier molecular flexibility index (Phi) is 7.65. The Bertz CT molecular complexity index is 937. The maximum Gasteiger partial charge on any atom is 0.226 e. The van der Waals surface area contributed by atoms with Crippen molar-refractivity contribution in [2.45, 2.75) is 39.7 Å². The van der Waals surface area contributed by atoms with Crippen LogP contribution in [0.3, 0.4) is 0 Å². The molecule has 2 amide bonds. The first-order valence-electron chi connectivity index (χ1n) is 10.5. The molecular weight excluding hydrogens is 396 g/mol. The first kappa shape index (κ1) is 22.3. The van der Waals surface area contributed by atoms with Gasteiger partial charge in [-0.1, -0.05) is 26.0 Å². The molecule has 2 aromatic rings. The molecule has 1 heterocycles. The molecule has 0 saturated heterocycles. The summed E-state index contributed by atoms with van der Waals surface area (Å²) >= 11 is 0. The molecule has 1 aliphatic heterocycles. The maximum atomic E-state index is 12.5. The van der Waals surface area contributed by atoms with Crippen LogP contribution in [-0.4, -0.2) is 30.8 Å². The third kappa shape index (κ3) is 6.57. The van der Waals surface area contributed by atoms with Crippen molar-refractivity contribution in [1.29, 1.82) is 0 Å². The lowest BCUT2D eigenvalue weighted by Crippen LogP contribution is -2.23. The summed E-state index contributed by atoms with van der Waals surface area (Å²) in [5, 5.41) is 5.64. The van der Waals surface area contributed by atoms with E-state index in [9.17, 15) is 14.4 Å². The first-order valence-corrected chi connectivity index (χ1v) is 10.5. The van der Waals surface area contributed by atoms with Crippen LogP contribution in [0, 0.1) is 5.92 Å². The summed E-state index contributed by atoms with van der Waals surface area (Å²) in [6.45, 7) is 5.17. The lowest BCUT2D eigenvalue weighted by molar-refractivity contribution is -0.121. The molecule has 3 rings (SSSR count). The Hall–Kier alpha value is -3.35. The summed E-state index contributed by atoms with van der Waals surface area (Å²) in [6.07, 6.45) is 1.02. The zero-order chi connectivity index (χ0) is 22.2. The van der Waals surface area contributed by atoms with E-state index in [2.05, 4.69) is 10.6 Å². The topological polar surface area (TPSA) is 93.7 Å². The molecule has 164 valence electrons. The van der Waals surface area contributed by atoms with E-state index in [0.29, 0.717) is 36.8 Å². The SMILES string of the molecule is CC(C)C(=O)Nc1ccc(CNC(=O)CCC(=O)c2ccc3c(c2)OCCCO3)cc1. The van der Waals surface area contributed by atoms with Gasteiger partial charge in [-0.15, -0.1) is 0 Å². The molecule has 0 aliphatic carbocycles. The highest BCUT2D eigenvalue weighted by Gasteiger charge is 2.15. The largest absolute Gasteiger partial charge is 0.490 e. The van der Waals surface area contributed by atoms with Crippen LogP contribution in [-0.2, 0) is 16.1 Å². The number of anilines is 1. The van der Waals surface area contributed by atoms with Gasteiger partial charge in [0, 0.05) is 43.0 Å². The van der Waals surface area contributed by atoms with E-state index in [1.54, 1.807) is 30.3 Å². The highest BCUT2D eigenvalue weighted by atomic mass is 16.5. The van der Waals surface area contributed by atoms with Crippen molar-refractivity contribution in [1.82, 2.24) is 5.32 Å². The Morgan fingerprint density at radius 1 is 0.935 bits per heavy atom. The molecule has 1 aliphatic rings. The molecule has 0 saturated carbocycles. The molecule has 0 spiro atoms. The summed E-state index contributed by atoms with van der Waals surface area (Å²) in [7, 11) is 0. The number of carbonyl (C=O) groups excluding carboxylic acids is 3. The normalized spacial score (nSPS) is 12.7. The van der Waals surface area contributed by atoms with Crippen molar-refractivity contribution < 1.29 is 23.9 Å². The van der Waals surface area contributed by atoms with Gasteiger partial charge in [0.05, 0.1) is 13.2 Å². The van der Waals surface area contributed by atoms with E-state index in [-0.39, 0.29) is 36.4 Å². The summed E-state index contributed by atoms with van der Waals surface area (Å²) in [6, 6.07) is 12.4. The number of carbonyl (C=O) groups is 3. The number of fused-ring (bicyclic) bond motifs is 1. The number of benzene rings is 2. The van der Waals surface area contributed by atoms with Crippen LogP contribution in [0.1, 0.15) is 49.0 Å². The van der Waals surface area contributed by atoms with E-state index in [1.165, 1.54) is 0 Å². The summed E-state index contributed by atoms with van der Waals surface area (Å²) in [5.41, 5.74) is 2.13. The zero-order valence-corrected chi connectivity index (χ0v) is 17.9. The Morgan fingerprint density at radius 2 is 1.65 bits per heavy atom. The molecule has 0 radical (unpaired) electrons. The molecular formula is C24H28N2O5. The molecule has 31 heavy (non-hydrogen) atoms. The number of ether oxygens (including phenoxy) is 2. The molecule has 0 atom stereocenters. The van der Waals surface area contributed by atoms with E-state index in [0.717, 1.165) is 17.7 Å². The number of ketones is 1. The smallest absolute Gasteiger partial charge is 0.226 e. The van der Waals surface area contributed by atoms with Gasteiger partial charge >= 0.3 is 0 Å². The van der Waals surface area contributed by atoms with Gasteiger partial charge in [-0.3, -0.25) is 14.4 Å². The number of hydrogen-bond donors (Lipinski definition) is 2. The van der Waals surface area contributed by atoms with E-state index in [4.69, 9.17) is 9.47 Å². The lowest BCUT2D eigenvalue weighted by atomic mass is 10.1. The molecule has 7 heteroatoms. The van der Waals surface area contributed by atoms with Crippen LogP contribution < -0.4 is 20.1 Å². The third-order valence-electron chi connectivity index (χ3n) is 4.88. The van der Waals surface area contributed by atoms with Gasteiger partial charge in [0.25, 0.3) is 0 Å².